The van der Waals surface area contributed by atoms with Gasteiger partial charge in [-0.1, -0.05) is 12.1 Å². The zero-order valence-corrected chi connectivity index (χ0v) is 16.2. The third-order valence-electron chi connectivity index (χ3n) is 4.50. The minimum atomic E-state index is -0.370. The normalized spacial score (nSPS) is 16.5. The van der Waals surface area contributed by atoms with Gasteiger partial charge >= 0.3 is 5.97 Å². The third kappa shape index (κ3) is 3.84. The third-order valence-corrected chi connectivity index (χ3v) is 5.30. The molecule has 1 amide bonds. The van der Waals surface area contributed by atoms with Gasteiger partial charge < -0.3 is 19.4 Å². The van der Waals surface area contributed by atoms with Gasteiger partial charge in [0.15, 0.2) is 10.7 Å². The van der Waals surface area contributed by atoms with Crippen LogP contribution in [0.4, 0.5) is 11.1 Å². The first kappa shape index (κ1) is 18.4. The van der Waals surface area contributed by atoms with Crippen LogP contribution in [0.5, 0.6) is 0 Å². The van der Waals surface area contributed by atoms with Gasteiger partial charge in [0.05, 0.1) is 18.7 Å². The van der Waals surface area contributed by atoms with Gasteiger partial charge in [0.25, 0.3) is 6.01 Å². The van der Waals surface area contributed by atoms with Crippen LogP contribution in [-0.2, 0) is 20.7 Å². The van der Waals surface area contributed by atoms with Crippen LogP contribution in [0.25, 0.3) is 11.1 Å². The number of carbonyl (C=O) groups is 2. The van der Waals surface area contributed by atoms with Crippen LogP contribution in [-0.4, -0.2) is 41.0 Å². The van der Waals surface area contributed by atoms with Crippen molar-refractivity contribution in [2.45, 2.75) is 32.2 Å². The molecule has 1 aliphatic rings. The number of nitrogens with zero attached hydrogens (tertiary/aromatic N) is 3. The van der Waals surface area contributed by atoms with Crippen molar-refractivity contribution in [2.75, 3.05) is 23.4 Å². The van der Waals surface area contributed by atoms with Crippen molar-refractivity contribution in [3.63, 3.8) is 0 Å². The molecule has 1 saturated heterocycles. The number of anilines is 2. The molecule has 0 bridgehead atoms. The molecule has 9 heteroatoms. The zero-order chi connectivity index (χ0) is 19.5. The van der Waals surface area contributed by atoms with Crippen LogP contribution >= 0.6 is 11.3 Å². The lowest BCUT2D eigenvalue weighted by molar-refractivity contribution is -0.142. The summed E-state index contributed by atoms with van der Waals surface area (Å²) in [5.74, 6) is -0.486. The first-order valence-electron chi connectivity index (χ1n) is 9.17. The average molecular weight is 400 g/mol. The number of para-hydroxylation sites is 2. The largest absolute Gasteiger partial charge is 0.466 e. The number of oxazole rings is 1. The van der Waals surface area contributed by atoms with E-state index in [0.717, 1.165) is 11.9 Å². The molecule has 1 atom stereocenters. The summed E-state index contributed by atoms with van der Waals surface area (Å²) in [6.45, 7) is 2.80. The first-order valence-corrected chi connectivity index (χ1v) is 10.0. The lowest BCUT2D eigenvalue weighted by Crippen LogP contribution is -2.39. The summed E-state index contributed by atoms with van der Waals surface area (Å²) < 4.78 is 10.7. The Morgan fingerprint density at radius 3 is 3.04 bits per heavy atom. The second kappa shape index (κ2) is 7.97. The molecular formula is C19H20N4O4S. The highest BCUT2D eigenvalue weighted by atomic mass is 32.1. The number of rotatable bonds is 6. The fraction of sp³-hybridized carbons (Fsp3) is 0.368. The predicted molar refractivity (Wildman–Crippen MR) is 105 cm³/mol. The molecule has 146 valence electrons. The highest BCUT2D eigenvalue weighted by Crippen LogP contribution is 2.29. The lowest BCUT2D eigenvalue weighted by atomic mass is 10.2. The molecule has 3 heterocycles. The second-order valence-corrected chi connectivity index (χ2v) is 7.29. The fourth-order valence-corrected chi connectivity index (χ4v) is 3.96. The van der Waals surface area contributed by atoms with E-state index in [1.54, 1.807) is 12.3 Å². The van der Waals surface area contributed by atoms with Crippen molar-refractivity contribution in [1.82, 2.24) is 9.97 Å². The number of esters is 1. The number of ether oxygens (including phenoxy) is 1. The number of fused-ring (bicyclic) bond motifs is 1. The van der Waals surface area contributed by atoms with Gasteiger partial charge in [-0.15, -0.1) is 11.3 Å². The summed E-state index contributed by atoms with van der Waals surface area (Å²) in [4.78, 5) is 35.1. The molecule has 8 nitrogen and oxygen atoms in total. The molecule has 0 spiro atoms. The molecule has 28 heavy (non-hydrogen) atoms. The molecule has 1 aromatic carbocycles. The van der Waals surface area contributed by atoms with Crippen LogP contribution in [0.15, 0.2) is 34.1 Å². The van der Waals surface area contributed by atoms with E-state index >= 15 is 0 Å². The highest BCUT2D eigenvalue weighted by Gasteiger charge is 2.34. The summed E-state index contributed by atoms with van der Waals surface area (Å²) in [5.41, 5.74) is 2.06. The monoisotopic (exact) mass is 400 g/mol. The Balaban J connectivity index is 1.44. The van der Waals surface area contributed by atoms with Gasteiger partial charge in [0.2, 0.25) is 5.91 Å². The molecule has 1 aliphatic heterocycles. The van der Waals surface area contributed by atoms with E-state index in [2.05, 4.69) is 15.3 Å². The summed E-state index contributed by atoms with van der Waals surface area (Å²) in [6, 6.07) is 7.62. The van der Waals surface area contributed by atoms with Crippen LogP contribution < -0.4 is 10.2 Å². The van der Waals surface area contributed by atoms with E-state index in [1.807, 2.05) is 29.2 Å². The second-order valence-electron chi connectivity index (χ2n) is 6.43. The fourth-order valence-electron chi connectivity index (χ4n) is 3.25. The van der Waals surface area contributed by atoms with Gasteiger partial charge in [-0.2, -0.15) is 4.98 Å². The summed E-state index contributed by atoms with van der Waals surface area (Å²) in [5, 5.41) is 5.06. The van der Waals surface area contributed by atoms with Crippen molar-refractivity contribution >= 4 is 45.5 Å². The number of carbonyl (C=O) groups excluding carboxylic acids is 2. The van der Waals surface area contributed by atoms with E-state index in [9.17, 15) is 9.59 Å². The Hall–Kier alpha value is -2.94. The van der Waals surface area contributed by atoms with Crippen molar-refractivity contribution in [1.29, 1.82) is 0 Å². The Bertz CT molecular complexity index is 966. The van der Waals surface area contributed by atoms with Crippen molar-refractivity contribution in [3.05, 3.63) is 35.3 Å². The quantitative estimate of drug-likeness (QED) is 0.635. The number of amides is 1. The summed E-state index contributed by atoms with van der Waals surface area (Å²) in [7, 11) is 0. The van der Waals surface area contributed by atoms with Crippen LogP contribution in [0.3, 0.4) is 0 Å². The molecule has 2 aromatic heterocycles. The standard InChI is InChI=1S/C19H20N4O4S/c1-2-26-16(24)10-12-11-28-18(20-12)22-17(25)14-7-5-9-23(14)19-21-13-6-3-4-8-15(13)27-19/h3-4,6,8,11,14H,2,5,7,9-10H2,1H3,(H,20,22,25). The predicted octanol–water partition coefficient (Wildman–Crippen LogP) is 3.00. The van der Waals surface area contributed by atoms with Gasteiger partial charge in [-0.3, -0.25) is 9.59 Å². The molecule has 1 N–H and O–H groups in total. The Kier molecular flexibility index (Phi) is 5.25. The maximum Gasteiger partial charge on any atom is 0.311 e. The summed E-state index contributed by atoms with van der Waals surface area (Å²) >= 11 is 1.29. The number of nitrogens with one attached hydrogen (secondary N) is 1. The molecule has 0 saturated carbocycles. The molecule has 3 aromatic rings. The zero-order valence-electron chi connectivity index (χ0n) is 15.4. The van der Waals surface area contributed by atoms with E-state index in [4.69, 9.17) is 9.15 Å². The van der Waals surface area contributed by atoms with Gasteiger partial charge in [-0.05, 0) is 31.9 Å². The average Bonchev–Trinajstić information content (AvgIpc) is 3.40. The summed E-state index contributed by atoms with van der Waals surface area (Å²) in [6.07, 6.45) is 1.69. The lowest BCUT2D eigenvalue weighted by Gasteiger charge is -2.21. The Morgan fingerprint density at radius 1 is 1.36 bits per heavy atom. The molecule has 1 unspecified atom stereocenters. The van der Waals surface area contributed by atoms with Crippen molar-refractivity contribution in [2.24, 2.45) is 0 Å². The Labute approximate surface area is 165 Å². The highest BCUT2D eigenvalue weighted by molar-refractivity contribution is 7.13. The van der Waals surface area contributed by atoms with E-state index in [1.165, 1.54) is 11.3 Å². The number of hydrogen-bond donors (Lipinski definition) is 1. The van der Waals surface area contributed by atoms with Gasteiger partial charge in [0.1, 0.15) is 11.6 Å². The minimum absolute atomic E-state index is 0.0959. The maximum atomic E-state index is 12.8. The van der Waals surface area contributed by atoms with E-state index in [0.29, 0.717) is 42.0 Å². The molecule has 0 aliphatic carbocycles. The van der Waals surface area contributed by atoms with E-state index < -0.39 is 0 Å². The number of benzene rings is 1. The molecule has 4 rings (SSSR count). The first-order chi connectivity index (χ1) is 13.6. The molecule has 0 radical (unpaired) electrons. The van der Waals surface area contributed by atoms with Crippen LogP contribution in [0.2, 0.25) is 0 Å². The smallest absolute Gasteiger partial charge is 0.311 e. The Morgan fingerprint density at radius 2 is 2.21 bits per heavy atom. The van der Waals surface area contributed by atoms with Crippen LogP contribution in [0.1, 0.15) is 25.5 Å². The SMILES string of the molecule is CCOC(=O)Cc1csc(NC(=O)C2CCCN2c2nc3ccccc3o2)n1. The van der Waals surface area contributed by atoms with Crippen molar-refractivity contribution in [3.8, 4) is 0 Å². The van der Waals surface area contributed by atoms with Gasteiger partial charge in [0, 0.05) is 11.9 Å². The van der Waals surface area contributed by atoms with Crippen molar-refractivity contribution < 1.29 is 18.7 Å². The molecule has 1 fully saturated rings. The number of thiazole rings is 1. The van der Waals surface area contributed by atoms with Gasteiger partial charge in [-0.25, -0.2) is 4.98 Å². The maximum absolute atomic E-state index is 12.8. The number of hydrogen-bond acceptors (Lipinski definition) is 8. The number of aromatic nitrogens is 2. The van der Waals surface area contributed by atoms with E-state index in [-0.39, 0.29) is 24.3 Å². The minimum Gasteiger partial charge on any atom is -0.466 e. The molecular weight excluding hydrogens is 380 g/mol. The topological polar surface area (TPSA) is 97.6 Å². The van der Waals surface area contributed by atoms with Crippen LogP contribution in [0, 0.1) is 0 Å².